The van der Waals surface area contributed by atoms with Crippen LogP contribution in [-0.2, 0) is 5.75 Å². The molecule has 0 unspecified atom stereocenters. The fourth-order valence-corrected chi connectivity index (χ4v) is 5.45. The molecule has 0 spiro atoms. The Labute approximate surface area is 168 Å². The Kier molecular flexibility index (Phi) is 5.66. The molecule has 2 aromatic heterocycles. The molecule has 0 radical (unpaired) electrons. The van der Waals surface area contributed by atoms with E-state index in [9.17, 15) is 5.11 Å². The Hall–Kier alpha value is -1.63. The van der Waals surface area contributed by atoms with Gasteiger partial charge in [0.15, 0.2) is 0 Å². The molecular formula is C21H25N3OS2. The van der Waals surface area contributed by atoms with Gasteiger partial charge in [-0.1, -0.05) is 18.2 Å². The van der Waals surface area contributed by atoms with Crippen molar-refractivity contribution in [3.8, 4) is 0 Å². The zero-order valence-corrected chi connectivity index (χ0v) is 17.4. The predicted molar refractivity (Wildman–Crippen MR) is 115 cm³/mol. The molecule has 1 aliphatic rings. The monoisotopic (exact) mass is 399 g/mol. The first-order chi connectivity index (χ1) is 13.2. The lowest BCUT2D eigenvalue weighted by molar-refractivity contribution is 0.208. The van der Waals surface area contributed by atoms with Crippen LogP contribution in [0.5, 0.6) is 0 Å². The summed E-state index contributed by atoms with van der Waals surface area (Å²) in [5.41, 5.74) is 1.29. The smallest absolute Gasteiger partial charge is 0.142 e. The molecule has 142 valence electrons. The maximum absolute atomic E-state index is 9.63. The van der Waals surface area contributed by atoms with Crippen molar-refractivity contribution in [2.75, 3.05) is 24.6 Å². The second kappa shape index (κ2) is 8.17. The summed E-state index contributed by atoms with van der Waals surface area (Å²) in [4.78, 5) is 15.9. The fraction of sp³-hybridized carbons (Fsp3) is 0.429. The summed E-state index contributed by atoms with van der Waals surface area (Å²) in [5, 5.41) is 10.8. The first-order valence-electron chi connectivity index (χ1n) is 9.46. The molecule has 0 aliphatic carbocycles. The highest BCUT2D eigenvalue weighted by molar-refractivity contribution is 7.98. The maximum atomic E-state index is 9.63. The highest BCUT2D eigenvalue weighted by Gasteiger charge is 2.24. The number of aliphatic hydroxyl groups is 1. The second-order valence-electron chi connectivity index (χ2n) is 7.17. The number of aromatic nitrogens is 2. The number of aryl methyl sites for hydroxylation is 2. The molecule has 3 aromatic rings. The number of piperidine rings is 1. The molecule has 4 rings (SSSR count). The Balaban J connectivity index is 1.69. The lowest BCUT2D eigenvalue weighted by Gasteiger charge is -2.33. The molecule has 4 nitrogen and oxygen atoms in total. The van der Waals surface area contributed by atoms with Crippen molar-refractivity contribution in [3.63, 3.8) is 0 Å². The summed E-state index contributed by atoms with van der Waals surface area (Å²) >= 11 is 3.54. The number of nitrogens with zero attached hydrogens (tertiary/aromatic N) is 3. The topological polar surface area (TPSA) is 49.2 Å². The summed E-state index contributed by atoms with van der Waals surface area (Å²) < 4.78 is 0. The number of rotatable bonds is 5. The van der Waals surface area contributed by atoms with Crippen molar-refractivity contribution in [3.05, 3.63) is 46.6 Å². The van der Waals surface area contributed by atoms with Crippen molar-refractivity contribution in [2.45, 2.75) is 37.3 Å². The molecule has 1 N–H and O–H groups in total. The van der Waals surface area contributed by atoms with Crippen molar-refractivity contribution < 1.29 is 5.11 Å². The number of benzene rings is 1. The van der Waals surface area contributed by atoms with Crippen molar-refractivity contribution in [1.29, 1.82) is 0 Å². The van der Waals surface area contributed by atoms with Crippen LogP contribution >= 0.6 is 23.1 Å². The number of hydrogen-bond donors (Lipinski definition) is 1. The number of thioether (sulfide) groups is 1. The van der Waals surface area contributed by atoms with Crippen molar-refractivity contribution in [1.82, 2.24) is 9.97 Å². The predicted octanol–water partition coefficient (Wildman–Crippen LogP) is 4.81. The van der Waals surface area contributed by atoms with Crippen LogP contribution in [0.2, 0.25) is 0 Å². The van der Waals surface area contributed by atoms with Crippen LogP contribution in [0.4, 0.5) is 5.82 Å². The minimum atomic E-state index is 0.253. The minimum Gasteiger partial charge on any atom is -0.396 e. The van der Waals surface area contributed by atoms with Gasteiger partial charge in [0.2, 0.25) is 0 Å². The third kappa shape index (κ3) is 3.98. The van der Waals surface area contributed by atoms with Gasteiger partial charge in [-0.05, 0) is 50.3 Å². The van der Waals surface area contributed by atoms with Crippen LogP contribution in [-0.4, -0.2) is 34.8 Å². The fourth-order valence-electron chi connectivity index (χ4n) is 3.64. The average Bonchev–Trinajstić information content (AvgIpc) is 3.00. The highest BCUT2D eigenvalue weighted by Crippen LogP contribution is 2.37. The lowest BCUT2D eigenvalue weighted by atomic mass is 9.99. The van der Waals surface area contributed by atoms with Crippen LogP contribution in [0.1, 0.15) is 29.1 Å². The van der Waals surface area contributed by atoms with Gasteiger partial charge in [-0.15, -0.1) is 23.1 Å². The van der Waals surface area contributed by atoms with E-state index >= 15 is 0 Å². The van der Waals surface area contributed by atoms with E-state index < -0.39 is 0 Å². The summed E-state index contributed by atoms with van der Waals surface area (Å²) in [5.74, 6) is 3.05. The van der Waals surface area contributed by atoms with E-state index in [1.165, 1.54) is 20.7 Å². The molecule has 0 saturated carbocycles. The first kappa shape index (κ1) is 18.7. The highest BCUT2D eigenvalue weighted by atomic mass is 32.2. The molecule has 1 aliphatic heterocycles. The molecule has 0 bridgehead atoms. The summed E-state index contributed by atoms with van der Waals surface area (Å²) in [6.45, 7) is 6.47. The van der Waals surface area contributed by atoms with E-state index in [0.29, 0.717) is 5.92 Å². The average molecular weight is 400 g/mol. The van der Waals surface area contributed by atoms with E-state index in [0.717, 1.165) is 48.2 Å². The standard InChI is InChI=1S/C21H25N3OS2/c1-14-15(2)27-21-19(14)20(24-10-6-7-16(11-24)12-25)22-18(23-21)13-26-17-8-4-3-5-9-17/h3-5,8-9,16,25H,6-7,10-13H2,1-2H3/t16-/m0/s1. The number of hydrogen-bond acceptors (Lipinski definition) is 6. The Bertz CT molecular complexity index is 926. The summed E-state index contributed by atoms with van der Waals surface area (Å²) in [6.07, 6.45) is 2.20. The van der Waals surface area contributed by atoms with Crippen LogP contribution in [0.25, 0.3) is 10.2 Å². The van der Waals surface area contributed by atoms with E-state index in [-0.39, 0.29) is 6.61 Å². The van der Waals surface area contributed by atoms with Gasteiger partial charge in [0.25, 0.3) is 0 Å². The van der Waals surface area contributed by atoms with Gasteiger partial charge in [0, 0.05) is 29.5 Å². The number of thiophene rings is 1. The Morgan fingerprint density at radius 3 is 2.81 bits per heavy atom. The lowest BCUT2D eigenvalue weighted by Crippen LogP contribution is -2.37. The van der Waals surface area contributed by atoms with E-state index in [1.54, 1.807) is 23.1 Å². The van der Waals surface area contributed by atoms with Gasteiger partial charge in [-0.25, -0.2) is 9.97 Å². The number of fused-ring (bicyclic) bond motifs is 1. The van der Waals surface area contributed by atoms with Crippen LogP contribution < -0.4 is 4.90 Å². The molecule has 0 amide bonds. The van der Waals surface area contributed by atoms with Gasteiger partial charge in [0.1, 0.15) is 16.5 Å². The van der Waals surface area contributed by atoms with Crippen LogP contribution in [0.15, 0.2) is 35.2 Å². The summed E-state index contributed by atoms with van der Waals surface area (Å²) in [7, 11) is 0. The van der Waals surface area contributed by atoms with Crippen LogP contribution in [0.3, 0.4) is 0 Å². The molecule has 6 heteroatoms. The molecule has 3 heterocycles. The second-order valence-corrected chi connectivity index (χ2v) is 9.42. The van der Waals surface area contributed by atoms with Gasteiger partial charge in [-0.3, -0.25) is 0 Å². The van der Waals surface area contributed by atoms with Gasteiger partial charge in [-0.2, -0.15) is 0 Å². The zero-order chi connectivity index (χ0) is 18.8. The third-order valence-electron chi connectivity index (χ3n) is 5.24. The molecule has 1 saturated heterocycles. The van der Waals surface area contributed by atoms with Crippen molar-refractivity contribution in [2.24, 2.45) is 5.92 Å². The first-order valence-corrected chi connectivity index (χ1v) is 11.3. The maximum Gasteiger partial charge on any atom is 0.142 e. The van der Waals surface area contributed by atoms with Gasteiger partial charge < -0.3 is 10.0 Å². The number of anilines is 1. The molecule has 1 fully saturated rings. The Morgan fingerprint density at radius 2 is 2.04 bits per heavy atom. The third-order valence-corrected chi connectivity index (χ3v) is 7.35. The van der Waals surface area contributed by atoms with E-state index in [4.69, 9.17) is 9.97 Å². The SMILES string of the molecule is Cc1sc2nc(CSc3ccccc3)nc(N3CCC[C@H](CO)C3)c2c1C. The summed E-state index contributed by atoms with van der Waals surface area (Å²) in [6, 6.07) is 10.4. The molecule has 27 heavy (non-hydrogen) atoms. The van der Waals surface area contributed by atoms with Crippen LogP contribution in [0, 0.1) is 19.8 Å². The molecule has 1 atom stereocenters. The van der Waals surface area contributed by atoms with Gasteiger partial charge in [0.05, 0.1) is 11.1 Å². The zero-order valence-electron chi connectivity index (χ0n) is 15.8. The van der Waals surface area contributed by atoms with Crippen molar-refractivity contribution >= 4 is 39.1 Å². The number of aliphatic hydroxyl groups excluding tert-OH is 1. The quantitative estimate of drug-likeness (QED) is 0.624. The van der Waals surface area contributed by atoms with E-state index in [1.807, 2.05) is 6.07 Å². The largest absolute Gasteiger partial charge is 0.396 e. The minimum absolute atomic E-state index is 0.253. The van der Waals surface area contributed by atoms with E-state index in [2.05, 4.69) is 43.0 Å². The Morgan fingerprint density at radius 1 is 1.22 bits per heavy atom. The normalized spacial score (nSPS) is 17.6. The van der Waals surface area contributed by atoms with Gasteiger partial charge >= 0.3 is 0 Å². The molecule has 1 aromatic carbocycles. The molecular weight excluding hydrogens is 374 g/mol.